The lowest BCUT2D eigenvalue weighted by molar-refractivity contribution is -0.130. The molecule has 1 unspecified atom stereocenters. The van der Waals surface area contributed by atoms with Gasteiger partial charge in [-0.05, 0) is 63.5 Å². The second-order valence-corrected chi connectivity index (χ2v) is 6.91. The quantitative estimate of drug-likeness (QED) is 0.593. The van der Waals surface area contributed by atoms with E-state index in [9.17, 15) is 15.0 Å². The number of halogens is 1. The molecule has 2 saturated carbocycles. The molecule has 0 bridgehead atoms. The summed E-state index contributed by atoms with van der Waals surface area (Å²) in [6, 6.07) is 0.178. The van der Waals surface area contributed by atoms with E-state index in [1.165, 1.54) is 0 Å². The Hall–Kier alpha value is -0.360. The molecule has 0 aromatic rings. The highest BCUT2D eigenvalue weighted by Gasteiger charge is 2.51. The Kier molecular flexibility index (Phi) is 5.52. The lowest BCUT2D eigenvalue weighted by atomic mass is 9.71. The van der Waals surface area contributed by atoms with Crippen molar-refractivity contribution in [2.75, 3.05) is 19.7 Å². The van der Waals surface area contributed by atoms with Gasteiger partial charge in [-0.15, -0.1) is 12.4 Å². The highest BCUT2D eigenvalue weighted by Crippen LogP contribution is 2.46. The molecule has 122 valence electrons. The molecule has 1 amide bonds. The van der Waals surface area contributed by atoms with E-state index in [2.05, 4.69) is 10.6 Å². The largest absolute Gasteiger partial charge is 0.395 e. The Morgan fingerprint density at radius 3 is 2.33 bits per heavy atom. The van der Waals surface area contributed by atoms with Gasteiger partial charge in [0.1, 0.15) is 0 Å². The number of nitrogens with one attached hydrogen (secondary N) is 2. The summed E-state index contributed by atoms with van der Waals surface area (Å²) in [6.45, 7) is 1.99. The Bertz CT molecular complexity index is 364. The van der Waals surface area contributed by atoms with Crippen LogP contribution in [0.5, 0.6) is 0 Å². The molecule has 3 aliphatic rings. The maximum Gasteiger partial charge on any atom is 0.228 e. The summed E-state index contributed by atoms with van der Waals surface area (Å²) in [4.78, 5) is 12.4. The molecule has 0 aromatic heterocycles. The molecule has 2 aliphatic carbocycles. The van der Waals surface area contributed by atoms with Crippen LogP contribution in [0.2, 0.25) is 0 Å². The van der Waals surface area contributed by atoms with Crippen molar-refractivity contribution in [3.05, 3.63) is 0 Å². The molecule has 0 radical (unpaired) electrons. The molecule has 0 spiro atoms. The van der Waals surface area contributed by atoms with Crippen LogP contribution < -0.4 is 10.6 Å². The minimum absolute atomic E-state index is 0. The zero-order chi connectivity index (χ0) is 14.2. The van der Waals surface area contributed by atoms with E-state index in [-0.39, 0.29) is 37.1 Å². The number of amides is 1. The van der Waals surface area contributed by atoms with E-state index in [0.29, 0.717) is 11.8 Å². The molecule has 21 heavy (non-hydrogen) atoms. The van der Waals surface area contributed by atoms with Gasteiger partial charge >= 0.3 is 0 Å². The number of piperidine rings is 1. The van der Waals surface area contributed by atoms with Gasteiger partial charge in [0.15, 0.2) is 0 Å². The Morgan fingerprint density at radius 1 is 1.24 bits per heavy atom. The molecular weight excluding hydrogens is 292 g/mol. The van der Waals surface area contributed by atoms with Gasteiger partial charge in [0.25, 0.3) is 0 Å². The first-order chi connectivity index (χ1) is 9.64. The van der Waals surface area contributed by atoms with Crippen molar-refractivity contribution in [3.63, 3.8) is 0 Å². The summed E-state index contributed by atoms with van der Waals surface area (Å²) >= 11 is 0. The number of hydrogen-bond acceptors (Lipinski definition) is 4. The highest BCUT2D eigenvalue weighted by atomic mass is 35.5. The molecule has 1 saturated heterocycles. The minimum Gasteiger partial charge on any atom is -0.395 e. The zero-order valence-electron chi connectivity index (χ0n) is 12.4. The van der Waals surface area contributed by atoms with Gasteiger partial charge in [0.05, 0.1) is 18.1 Å². The standard InChI is InChI=1S/C15H26N2O3.ClH/c18-9-15(3-4-15)14(20)17-13(11-7-12(19)8-11)10-1-5-16-6-2-10;/h10-13,16,18-19H,1-9H2,(H,17,20);1H. The summed E-state index contributed by atoms with van der Waals surface area (Å²) in [6.07, 6.45) is 5.22. The van der Waals surface area contributed by atoms with Crippen LogP contribution in [0.15, 0.2) is 0 Å². The normalized spacial score (nSPS) is 32.5. The van der Waals surface area contributed by atoms with Gasteiger partial charge < -0.3 is 20.8 Å². The predicted molar refractivity (Wildman–Crippen MR) is 82.3 cm³/mol. The number of aliphatic hydroxyl groups excluding tert-OH is 2. The van der Waals surface area contributed by atoms with E-state index in [1.54, 1.807) is 0 Å². The Labute approximate surface area is 132 Å². The monoisotopic (exact) mass is 318 g/mol. The summed E-state index contributed by atoms with van der Waals surface area (Å²) < 4.78 is 0. The topological polar surface area (TPSA) is 81.6 Å². The predicted octanol–water partition coefficient (Wildman–Crippen LogP) is 0.436. The van der Waals surface area contributed by atoms with Crippen molar-refractivity contribution >= 4 is 18.3 Å². The molecular formula is C15H27ClN2O3. The van der Waals surface area contributed by atoms with Crippen molar-refractivity contribution < 1.29 is 15.0 Å². The van der Waals surface area contributed by atoms with Gasteiger partial charge in [-0.3, -0.25) is 4.79 Å². The van der Waals surface area contributed by atoms with Crippen molar-refractivity contribution in [1.82, 2.24) is 10.6 Å². The number of hydrogen-bond donors (Lipinski definition) is 4. The Balaban J connectivity index is 0.00000161. The van der Waals surface area contributed by atoms with Crippen molar-refractivity contribution in [2.24, 2.45) is 17.3 Å². The van der Waals surface area contributed by atoms with E-state index < -0.39 is 5.41 Å². The maximum atomic E-state index is 12.4. The SMILES string of the molecule is Cl.O=C(NC(C1CCNCC1)C1CC(O)C1)C1(CO)CC1. The number of aliphatic hydroxyl groups is 2. The molecule has 1 heterocycles. The second kappa shape index (κ2) is 6.82. The van der Waals surface area contributed by atoms with Crippen molar-refractivity contribution in [2.45, 2.75) is 50.7 Å². The lowest BCUT2D eigenvalue weighted by Crippen LogP contribution is -2.54. The van der Waals surface area contributed by atoms with E-state index in [0.717, 1.165) is 51.6 Å². The number of carbonyl (C=O) groups excluding carboxylic acids is 1. The maximum absolute atomic E-state index is 12.4. The molecule has 0 aromatic carbocycles. The van der Waals surface area contributed by atoms with E-state index in [4.69, 9.17) is 0 Å². The number of rotatable bonds is 5. The third-order valence-electron chi connectivity index (χ3n) is 5.48. The molecule has 5 nitrogen and oxygen atoms in total. The van der Waals surface area contributed by atoms with Crippen LogP contribution in [0.25, 0.3) is 0 Å². The Morgan fingerprint density at radius 2 is 1.86 bits per heavy atom. The van der Waals surface area contributed by atoms with Crippen LogP contribution in [0.3, 0.4) is 0 Å². The fourth-order valence-electron chi connectivity index (χ4n) is 3.66. The average Bonchev–Trinajstić information content (AvgIpc) is 3.23. The molecule has 6 heteroatoms. The summed E-state index contributed by atoms with van der Waals surface area (Å²) in [7, 11) is 0. The summed E-state index contributed by atoms with van der Waals surface area (Å²) in [5.74, 6) is 0.948. The summed E-state index contributed by atoms with van der Waals surface area (Å²) in [5.41, 5.74) is -0.493. The average molecular weight is 319 g/mol. The first-order valence-corrected chi connectivity index (χ1v) is 7.95. The van der Waals surface area contributed by atoms with Gasteiger partial charge in [-0.1, -0.05) is 0 Å². The van der Waals surface area contributed by atoms with Gasteiger partial charge in [-0.25, -0.2) is 0 Å². The fourth-order valence-corrected chi connectivity index (χ4v) is 3.66. The van der Waals surface area contributed by atoms with Crippen LogP contribution in [0.1, 0.15) is 38.5 Å². The smallest absolute Gasteiger partial charge is 0.228 e. The van der Waals surface area contributed by atoms with Crippen LogP contribution >= 0.6 is 12.4 Å². The van der Waals surface area contributed by atoms with Crippen LogP contribution in [0, 0.1) is 17.3 Å². The van der Waals surface area contributed by atoms with E-state index in [1.807, 2.05) is 0 Å². The first kappa shape index (κ1) is 17.0. The molecule has 4 N–H and O–H groups in total. The van der Waals surface area contributed by atoms with Crippen molar-refractivity contribution in [1.29, 1.82) is 0 Å². The molecule has 3 fully saturated rings. The third-order valence-corrected chi connectivity index (χ3v) is 5.48. The van der Waals surface area contributed by atoms with Crippen LogP contribution in [-0.2, 0) is 4.79 Å². The molecule has 1 atom stereocenters. The highest BCUT2D eigenvalue weighted by molar-refractivity contribution is 5.86. The minimum atomic E-state index is -0.493. The number of carbonyl (C=O) groups is 1. The first-order valence-electron chi connectivity index (χ1n) is 7.95. The lowest BCUT2D eigenvalue weighted by Gasteiger charge is -2.43. The fraction of sp³-hybridized carbons (Fsp3) is 0.933. The second-order valence-electron chi connectivity index (χ2n) is 6.91. The van der Waals surface area contributed by atoms with Gasteiger partial charge in [0.2, 0.25) is 5.91 Å². The molecule has 1 aliphatic heterocycles. The van der Waals surface area contributed by atoms with E-state index >= 15 is 0 Å². The van der Waals surface area contributed by atoms with Crippen LogP contribution in [0.4, 0.5) is 0 Å². The summed E-state index contributed by atoms with van der Waals surface area (Å²) in [5, 5.41) is 25.5. The van der Waals surface area contributed by atoms with Crippen molar-refractivity contribution in [3.8, 4) is 0 Å². The van der Waals surface area contributed by atoms with Crippen LogP contribution in [-0.4, -0.2) is 48.0 Å². The van der Waals surface area contributed by atoms with Gasteiger partial charge in [-0.2, -0.15) is 0 Å². The zero-order valence-corrected chi connectivity index (χ0v) is 13.2. The van der Waals surface area contributed by atoms with Gasteiger partial charge in [0, 0.05) is 6.04 Å². The third kappa shape index (κ3) is 3.52. The molecule has 3 rings (SSSR count).